The lowest BCUT2D eigenvalue weighted by Crippen LogP contribution is -2.24. The molecule has 0 bridgehead atoms. The molecule has 0 fully saturated rings. The van der Waals surface area contributed by atoms with Crippen LogP contribution in [0.15, 0.2) is 73.6 Å². The fourth-order valence-electron chi connectivity index (χ4n) is 2.32. The highest BCUT2D eigenvalue weighted by Gasteiger charge is 2.18. The lowest BCUT2D eigenvalue weighted by molar-refractivity contribution is -0.118. The summed E-state index contributed by atoms with van der Waals surface area (Å²) < 4.78 is 16.0. The minimum absolute atomic E-state index is 0.153. The van der Waals surface area contributed by atoms with Gasteiger partial charge in [-0.1, -0.05) is 11.8 Å². The fourth-order valence-corrected chi connectivity index (χ4v) is 2.93. The highest BCUT2D eigenvalue weighted by Crippen LogP contribution is 2.30. The smallest absolute Gasteiger partial charge is 0.230 e. The maximum atomic E-state index is 12.0. The number of amides is 1. The summed E-state index contributed by atoms with van der Waals surface area (Å²) in [6.45, 7) is 0.334. The van der Waals surface area contributed by atoms with Crippen molar-refractivity contribution in [1.29, 1.82) is 0 Å². The van der Waals surface area contributed by atoms with Gasteiger partial charge >= 0.3 is 0 Å². The van der Waals surface area contributed by atoms with E-state index >= 15 is 0 Å². The van der Waals surface area contributed by atoms with Crippen molar-refractivity contribution >= 4 is 17.7 Å². The van der Waals surface area contributed by atoms with Crippen LogP contribution in [0.25, 0.3) is 22.9 Å². The molecule has 0 radical (unpaired) electrons. The van der Waals surface area contributed by atoms with Crippen LogP contribution >= 0.6 is 11.8 Å². The Hall–Kier alpha value is -3.33. The molecule has 4 aromatic heterocycles. The van der Waals surface area contributed by atoms with Gasteiger partial charge in [0.05, 0.1) is 31.1 Å². The predicted molar refractivity (Wildman–Crippen MR) is 96.5 cm³/mol. The third-order valence-electron chi connectivity index (χ3n) is 3.55. The molecule has 0 aliphatic heterocycles. The number of nitrogens with one attached hydrogen (secondary N) is 1. The van der Waals surface area contributed by atoms with E-state index in [1.54, 1.807) is 55.2 Å². The van der Waals surface area contributed by atoms with E-state index in [-0.39, 0.29) is 11.7 Å². The normalized spacial score (nSPS) is 10.8. The van der Waals surface area contributed by atoms with Gasteiger partial charge in [0.25, 0.3) is 0 Å². The first-order valence-corrected chi connectivity index (χ1v) is 9.02. The molecule has 136 valence electrons. The molecule has 0 unspecified atom stereocenters. The van der Waals surface area contributed by atoms with E-state index < -0.39 is 0 Å². The SMILES string of the molecule is O=C(CSc1nnc(-c2ccco2)c(-c2ccco2)n1)NCc1ccco1. The quantitative estimate of drug-likeness (QED) is 0.485. The van der Waals surface area contributed by atoms with Crippen LogP contribution in [0, 0.1) is 0 Å². The number of furan rings is 3. The third kappa shape index (κ3) is 4.09. The number of nitrogens with zero attached hydrogens (tertiary/aromatic N) is 3. The van der Waals surface area contributed by atoms with Gasteiger partial charge in [-0.15, -0.1) is 10.2 Å². The summed E-state index contributed by atoms with van der Waals surface area (Å²) in [5, 5.41) is 11.4. The molecule has 27 heavy (non-hydrogen) atoms. The topological polar surface area (TPSA) is 107 Å². The summed E-state index contributed by atoms with van der Waals surface area (Å²) >= 11 is 1.18. The zero-order chi connectivity index (χ0) is 18.5. The Morgan fingerprint density at radius 1 is 0.926 bits per heavy atom. The van der Waals surface area contributed by atoms with Crippen LogP contribution in [0.4, 0.5) is 0 Å². The molecule has 4 aromatic rings. The number of carbonyl (C=O) groups is 1. The molecule has 0 saturated carbocycles. The largest absolute Gasteiger partial charge is 0.467 e. The highest BCUT2D eigenvalue weighted by atomic mass is 32.2. The van der Waals surface area contributed by atoms with E-state index in [2.05, 4.69) is 20.5 Å². The average molecular weight is 382 g/mol. The van der Waals surface area contributed by atoms with Crippen molar-refractivity contribution < 1.29 is 18.0 Å². The summed E-state index contributed by atoms with van der Waals surface area (Å²) in [6, 6.07) is 10.6. The summed E-state index contributed by atoms with van der Waals surface area (Å²) in [4.78, 5) is 16.5. The summed E-state index contributed by atoms with van der Waals surface area (Å²) in [7, 11) is 0. The Kier molecular flexibility index (Phi) is 5.01. The van der Waals surface area contributed by atoms with Crippen molar-refractivity contribution in [2.75, 3.05) is 5.75 Å². The summed E-state index contributed by atoms with van der Waals surface area (Å²) in [5.74, 6) is 1.76. The lowest BCUT2D eigenvalue weighted by atomic mass is 10.2. The van der Waals surface area contributed by atoms with Crippen LogP contribution in [0.1, 0.15) is 5.76 Å². The van der Waals surface area contributed by atoms with E-state index in [1.807, 2.05) is 0 Å². The van der Waals surface area contributed by atoms with Crippen LogP contribution in [0.2, 0.25) is 0 Å². The van der Waals surface area contributed by atoms with Crippen LogP contribution < -0.4 is 5.32 Å². The number of hydrogen-bond donors (Lipinski definition) is 1. The van der Waals surface area contributed by atoms with E-state index in [9.17, 15) is 4.79 Å². The Balaban J connectivity index is 1.47. The number of hydrogen-bond acceptors (Lipinski definition) is 8. The standard InChI is InChI=1S/C18H14N4O4S/c23-15(19-10-12-4-1-7-24-12)11-27-18-20-16(13-5-2-8-25-13)17(21-22-18)14-6-3-9-26-14/h1-9H,10-11H2,(H,19,23). The minimum atomic E-state index is -0.158. The molecule has 4 heterocycles. The van der Waals surface area contributed by atoms with Crippen molar-refractivity contribution in [1.82, 2.24) is 20.5 Å². The molecule has 0 aliphatic rings. The molecule has 4 rings (SSSR count). The van der Waals surface area contributed by atoms with Gasteiger partial charge in [-0.3, -0.25) is 4.79 Å². The molecule has 1 amide bonds. The average Bonchev–Trinajstić information content (AvgIpc) is 3.47. The van der Waals surface area contributed by atoms with Crippen LogP contribution in [0.5, 0.6) is 0 Å². The minimum Gasteiger partial charge on any atom is -0.467 e. The first-order chi connectivity index (χ1) is 13.3. The van der Waals surface area contributed by atoms with E-state index in [0.29, 0.717) is 40.4 Å². The predicted octanol–water partition coefficient (Wildman–Crippen LogP) is 3.39. The lowest BCUT2D eigenvalue weighted by Gasteiger charge is -2.06. The molecule has 0 aliphatic carbocycles. The van der Waals surface area contributed by atoms with Crippen molar-refractivity contribution in [3.63, 3.8) is 0 Å². The van der Waals surface area contributed by atoms with Crippen molar-refractivity contribution in [2.24, 2.45) is 0 Å². The molecule has 0 aromatic carbocycles. The fraction of sp³-hybridized carbons (Fsp3) is 0.111. The number of carbonyl (C=O) groups excluding carboxylic acids is 1. The molecule has 0 spiro atoms. The van der Waals surface area contributed by atoms with Gasteiger partial charge in [-0.2, -0.15) is 0 Å². The van der Waals surface area contributed by atoms with Gasteiger partial charge in [-0.25, -0.2) is 4.98 Å². The Morgan fingerprint density at radius 2 is 1.63 bits per heavy atom. The molecule has 0 atom stereocenters. The molecular formula is C18H14N4O4S. The Bertz CT molecular complexity index is 998. The van der Waals surface area contributed by atoms with Crippen molar-refractivity contribution in [3.8, 4) is 22.9 Å². The molecule has 8 nitrogen and oxygen atoms in total. The van der Waals surface area contributed by atoms with Gasteiger partial charge in [0.1, 0.15) is 11.5 Å². The molecule has 9 heteroatoms. The van der Waals surface area contributed by atoms with Gasteiger partial charge in [-0.05, 0) is 36.4 Å². The van der Waals surface area contributed by atoms with Gasteiger partial charge in [0.15, 0.2) is 17.2 Å². The van der Waals surface area contributed by atoms with Gasteiger partial charge < -0.3 is 18.6 Å². The maximum Gasteiger partial charge on any atom is 0.230 e. The zero-order valence-electron chi connectivity index (χ0n) is 14.0. The zero-order valence-corrected chi connectivity index (χ0v) is 14.8. The number of thioether (sulfide) groups is 1. The highest BCUT2D eigenvalue weighted by molar-refractivity contribution is 7.99. The van der Waals surface area contributed by atoms with Crippen LogP contribution in [-0.4, -0.2) is 26.8 Å². The van der Waals surface area contributed by atoms with E-state index in [1.165, 1.54) is 11.8 Å². The summed E-state index contributed by atoms with van der Waals surface area (Å²) in [6.07, 6.45) is 4.67. The van der Waals surface area contributed by atoms with Crippen LogP contribution in [0.3, 0.4) is 0 Å². The number of aromatic nitrogens is 3. The van der Waals surface area contributed by atoms with Gasteiger partial charge in [0, 0.05) is 0 Å². The second-order valence-electron chi connectivity index (χ2n) is 5.39. The maximum absolute atomic E-state index is 12.0. The summed E-state index contributed by atoms with van der Waals surface area (Å²) in [5.41, 5.74) is 0.977. The first-order valence-electron chi connectivity index (χ1n) is 8.04. The second kappa shape index (κ2) is 7.92. The molecular weight excluding hydrogens is 368 g/mol. The molecule has 0 saturated heterocycles. The van der Waals surface area contributed by atoms with Crippen LogP contribution in [-0.2, 0) is 11.3 Å². The van der Waals surface area contributed by atoms with E-state index in [4.69, 9.17) is 13.3 Å². The molecule has 1 N–H and O–H groups in total. The van der Waals surface area contributed by atoms with Gasteiger partial charge in [0.2, 0.25) is 11.1 Å². The van der Waals surface area contributed by atoms with Crippen molar-refractivity contribution in [2.45, 2.75) is 11.7 Å². The third-order valence-corrected chi connectivity index (χ3v) is 4.39. The Morgan fingerprint density at radius 3 is 2.30 bits per heavy atom. The monoisotopic (exact) mass is 382 g/mol. The first kappa shape index (κ1) is 17.1. The van der Waals surface area contributed by atoms with Crippen molar-refractivity contribution in [3.05, 3.63) is 60.9 Å². The Labute approximate surface area is 158 Å². The van der Waals surface area contributed by atoms with E-state index in [0.717, 1.165) is 0 Å². The second-order valence-corrected chi connectivity index (χ2v) is 6.33. The number of rotatable bonds is 7.